The summed E-state index contributed by atoms with van der Waals surface area (Å²) in [5.41, 5.74) is 0.531. The van der Waals surface area contributed by atoms with Gasteiger partial charge in [0.05, 0.1) is 12.8 Å². The lowest BCUT2D eigenvalue weighted by Gasteiger charge is -2.14. The van der Waals surface area contributed by atoms with Crippen molar-refractivity contribution in [2.75, 3.05) is 31.0 Å². The van der Waals surface area contributed by atoms with Gasteiger partial charge < -0.3 is 14.8 Å². The van der Waals surface area contributed by atoms with E-state index in [9.17, 15) is 8.78 Å². The molecule has 0 heterocycles. The molecule has 0 bridgehead atoms. The van der Waals surface area contributed by atoms with Crippen LogP contribution in [-0.2, 0) is 0 Å². The second-order valence-electron chi connectivity index (χ2n) is 3.87. The molecule has 0 saturated carbocycles. The summed E-state index contributed by atoms with van der Waals surface area (Å²) in [6.45, 7) is -2.11. The van der Waals surface area contributed by atoms with Crippen molar-refractivity contribution in [2.24, 2.45) is 0 Å². The highest BCUT2D eigenvalue weighted by molar-refractivity contribution is 7.98. The number of anilines is 1. The third-order valence-electron chi connectivity index (χ3n) is 2.49. The Morgan fingerprint density at radius 2 is 2.11 bits per heavy atom. The first-order valence-corrected chi connectivity index (χ1v) is 7.42. The summed E-state index contributed by atoms with van der Waals surface area (Å²) >= 11 is 1.79. The molecule has 1 aromatic rings. The van der Waals surface area contributed by atoms with Gasteiger partial charge in [-0.15, -0.1) is 0 Å². The summed E-state index contributed by atoms with van der Waals surface area (Å²) < 4.78 is 34.1. The molecule has 3 nitrogen and oxygen atoms in total. The number of unbranched alkanes of at least 4 members (excludes halogenated alkanes) is 1. The number of rotatable bonds is 9. The first-order valence-electron chi connectivity index (χ1n) is 6.03. The highest BCUT2D eigenvalue weighted by Crippen LogP contribution is 2.30. The van der Waals surface area contributed by atoms with Crippen LogP contribution in [0.1, 0.15) is 12.8 Å². The van der Waals surface area contributed by atoms with Crippen LogP contribution in [0.3, 0.4) is 0 Å². The van der Waals surface area contributed by atoms with Crippen LogP contribution in [-0.4, -0.2) is 32.3 Å². The molecule has 0 fully saturated rings. The summed E-state index contributed by atoms with van der Waals surface area (Å²) in [5, 5.41) is 3.10. The van der Waals surface area contributed by atoms with Gasteiger partial charge in [0.25, 0.3) is 0 Å². The number of methoxy groups -OCH3 is 1. The lowest BCUT2D eigenvalue weighted by atomic mass is 10.2. The topological polar surface area (TPSA) is 30.5 Å². The third-order valence-corrected chi connectivity index (χ3v) is 3.19. The van der Waals surface area contributed by atoms with Gasteiger partial charge in [0.15, 0.2) is 0 Å². The fourth-order valence-electron chi connectivity index (χ4n) is 1.57. The summed E-state index contributed by atoms with van der Waals surface area (Å²) in [6.07, 6.45) is 4.12. The van der Waals surface area contributed by atoms with Crippen molar-refractivity contribution in [2.45, 2.75) is 19.5 Å². The van der Waals surface area contributed by atoms with Crippen molar-refractivity contribution >= 4 is 17.4 Å². The van der Waals surface area contributed by atoms with Crippen LogP contribution >= 0.6 is 11.8 Å². The molecule has 0 aliphatic carbocycles. The molecule has 0 amide bonds. The summed E-state index contributed by atoms with van der Waals surface area (Å²) in [7, 11) is 1.53. The van der Waals surface area contributed by atoms with E-state index in [1.807, 2.05) is 0 Å². The molecule has 0 radical (unpaired) electrons. The molecule has 19 heavy (non-hydrogen) atoms. The first kappa shape index (κ1) is 15.9. The van der Waals surface area contributed by atoms with E-state index in [1.165, 1.54) is 13.2 Å². The molecule has 0 unspecified atom stereocenters. The van der Waals surface area contributed by atoms with Gasteiger partial charge in [0.1, 0.15) is 11.5 Å². The SMILES string of the molecule is COc1ccc(OC(F)F)c(NCCCCSC)c1. The molecule has 0 spiro atoms. The van der Waals surface area contributed by atoms with Crippen LogP contribution in [0.15, 0.2) is 18.2 Å². The van der Waals surface area contributed by atoms with Gasteiger partial charge in [-0.25, -0.2) is 0 Å². The fourth-order valence-corrected chi connectivity index (χ4v) is 2.06. The Labute approximate surface area is 116 Å². The van der Waals surface area contributed by atoms with Crippen molar-refractivity contribution in [1.82, 2.24) is 0 Å². The summed E-state index contributed by atoms with van der Waals surface area (Å²) in [4.78, 5) is 0. The van der Waals surface area contributed by atoms with Gasteiger partial charge in [0.2, 0.25) is 0 Å². The van der Waals surface area contributed by atoms with Gasteiger partial charge in [0, 0.05) is 12.6 Å². The Morgan fingerprint density at radius 3 is 2.74 bits per heavy atom. The number of benzene rings is 1. The van der Waals surface area contributed by atoms with E-state index in [0.29, 0.717) is 18.0 Å². The Morgan fingerprint density at radius 1 is 1.32 bits per heavy atom. The second kappa shape index (κ2) is 8.85. The van der Waals surface area contributed by atoms with Crippen molar-refractivity contribution in [3.8, 4) is 11.5 Å². The maximum absolute atomic E-state index is 12.3. The highest BCUT2D eigenvalue weighted by atomic mass is 32.2. The van der Waals surface area contributed by atoms with Crippen molar-refractivity contribution < 1.29 is 18.3 Å². The van der Waals surface area contributed by atoms with Crippen molar-refractivity contribution in [1.29, 1.82) is 0 Å². The number of halogens is 2. The van der Waals surface area contributed by atoms with Crippen LogP contribution in [0, 0.1) is 0 Å². The van der Waals surface area contributed by atoms with E-state index >= 15 is 0 Å². The van der Waals surface area contributed by atoms with Gasteiger partial charge in [-0.2, -0.15) is 20.5 Å². The normalized spacial score (nSPS) is 10.6. The van der Waals surface area contributed by atoms with E-state index < -0.39 is 6.61 Å². The molecule has 0 aromatic heterocycles. The van der Waals surface area contributed by atoms with E-state index in [1.54, 1.807) is 23.9 Å². The molecular formula is C13H19F2NO2S. The highest BCUT2D eigenvalue weighted by Gasteiger charge is 2.10. The van der Waals surface area contributed by atoms with Gasteiger partial charge in [-0.3, -0.25) is 0 Å². The Bertz CT molecular complexity index is 378. The maximum Gasteiger partial charge on any atom is 0.387 e. The fraction of sp³-hybridized carbons (Fsp3) is 0.538. The average molecular weight is 291 g/mol. The molecular weight excluding hydrogens is 272 g/mol. The molecule has 1 rings (SSSR count). The summed E-state index contributed by atoms with van der Waals surface area (Å²) in [6, 6.07) is 4.73. The smallest absolute Gasteiger partial charge is 0.387 e. The maximum atomic E-state index is 12.3. The van der Waals surface area contributed by atoms with Gasteiger partial charge >= 0.3 is 6.61 Å². The standard InChI is InChI=1S/C13H19F2NO2S/c1-17-10-5-6-12(18-13(14)15)11(9-10)16-7-3-4-8-19-2/h5-6,9,13,16H,3-4,7-8H2,1-2H3. The van der Waals surface area contributed by atoms with Crippen LogP contribution < -0.4 is 14.8 Å². The lowest BCUT2D eigenvalue weighted by Crippen LogP contribution is -2.08. The number of thioether (sulfide) groups is 1. The van der Waals surface area contributed by atoms with Crippen LogP contribution in [0.4, 0.5) is 14.5 Å². The zero-order valence-corrected chi connectivity index (χ0v) is 11.9. The zero-order chi connectivity index (χ0) is 14.1. The Kier molecular flexibility index (Phi) is 7.40. The predicted molar refractivity (Wildman–Crippen MR) is 75.7 cm³/mol. The number of nitrogens with one attached hydrogen (secondary N) is 1. The minimum atomic E-state index is -2.83. The number of hydrogen-bond donors (Lipinski definition) is 1. The molecule has 1 N–H and O–H groups in total. The number of ether oxygens (including phenoxy) is 2. The predicted octanol–water partition coefficient (Wildman–Crippen LogP) is 3.85. The monoisotopic (exact) mass is 291 g/mol. The minimum absolute atomic E-state index is 0.140. The quantitative estimate of drug-likeness (QED) is 0.700. The molecule has 1 aromatic carbocycles. The average Bonchev–Trinajstić information content (AvgIpc) is 2.39. The van der Waals surface area contributed by atoms with Crippen molar-refractivity contribution in [3.05, 3.63) is 18.2 Å². The van der Waals surface area contributed by atoms with Crippen molar-refractivity contribution in [3.63, 3.8) is 0 Å². The zero-order valence-electron chi connectivity index (χ0n) is 11.1. The molecule has 0 saturated heterocycles. The van der Waals surface area contributed by atoms with E-state index in [4.69, 9.17) is 4.74 Å². The van der Waals surface area contributed by atoms with E-state index in [0.717, 1.165) is 18.6 Å². The van der Waals surface area contributed by atoms with E-state index in [2.05, 4.69) is 16.3 Å². The lowest BCUT2D eigenvalue weighted by molar-refractivity contribution is -0.0493. The number of hydrogen-bond acceptors (Lipinski definition) is 4. The largest absolute Gasteiger partial charge is 0.497 e. The van der Waals surface area contributed by atoms with E-state index in [-0.39, 0.29) is 5.75 Å². The number of alkyl halides is 2. The van der Waals surface area contributed by atoms with Gasteiger partial charge in [-0.1, -0.05) is 0 Å². The summed E-state index contributed by atoms with van der Waals surface area (Å²) in [5.74, 6) is 1.84. The Balaban J connectivity index is 2.60. The third kappa shape index (κ3) is 6.00. The molecule has 0 aliphatic rings. The first-order chi connectivity index (χ1) is 9.17. The van der Waals surface area contributed by atoms with Gasteiger partial charge in [-0.05, 0) is 37.0 Å². The minimum Gasteiger partial charge on any atom is -0.497 e. The van der Waals surface area contributed by atoms with Crippen LogP contribution in [0.2, 0.25) is 0 Å². The Hall–Kier alpha value is -1.17. The molecule has 6 heteroatoms. The van der Waals surface area contributed by atoms with Crippen LogP contribution in [0.25, 0.3) is 0 Å². The second-order valence-corrected chi connectivity index (χ2v) is 4.85. The van der Waals surface area contributed by atoms with Crippen LogP contribution in [0.5, 0.6) is 11.5 Å². The molecule has 0 atom stereocenters. The molecule has 0 aliphatic heterocycles. The molecule has 108 valence electrons.